The molecule has 0 aromatic heterocycles. The summed E-state index contributed by atoms with van der Waals surface area (Å²) in [4.78, 5) is 10.7. The number of carbonyl (C=O) groups excluding carboxylic acids is 1. The van der Waals surface area contributed by atoms with Gasteiger partial charge in [0.15, 0.2) is 6.29 Å². The molecule has 2 nitrogen and oxygen atoms in total. The van der Waals surface area contributed by atoms with Crippen LogP contribution in [0.15, 0.2) is 10.5 Å². The van der Waals surface area contributed by atoms with Crippen molar-refractivity contribution in [2.75, 3.05) is 7.11 Å². The fourth-order valence-electron chi connectivity index (χ4n) is 1.23. The number of benzene rings is 1. The van der Waals surface area contributed by atoms with E-state index in [1.54, 1.807) is 13.2 Å². The van der Waals surface area contributed by atoms with E-state index in [0.29, 0.717) is 11.3 Å². The van der Waals surface area contributed by atoms with Crippen LogP contribution >= 0.6 is 15.9 Å². The Bertz CT molecular complexity index is 345. The van der Waals surface area contributed by atoms with Crippen LogP contribution in [0.3, 0.4) is 0 Å². The summed E-state index contributed by atoms with van der Waals surface area (Å²) >= 11 is 3.39. The number of hydrogen-bond acceptors (Lipinski definition) is 2. The highest BCUT2D eigenvalue weighted by Crippen LogP contribution is 2.30. The van der Waals surface area contributed by atoms with Gasteiger partial charge < -0.3 is 4.74 Å². The fourth-order valence-corrected chi connectivity index (χ4v) is 1.78. The van der Waals surface area contributed by atoms with E-state index in [4.69, 9.17) is 4.74 Å². The van der Waals surface area contributed by atoms with Gasteiger partial charge in [0.1, 0.15) is 5.75 Å². The molecule has 0 fully saturated rings. The van der Waals surface area contributed by atoms with Crippen LogP contribution in [0.4, 0.5) is 0 Å². The first kappa shape index (κ1) is 10.3. The van der Waals surface area contributed by atoms with Crippen molar-refractivity contribution in [3.63, 3.8) is 0 Å². The van der Waals surface area contributed by atoms with Crippen LogP contribution in [0.5, 0.6) is 5.75 Å². The minimum absolute atomic E-state index is 0.581. The van der Waals surface area contributed by atoms with Gasteiger partial charge >= 0.3 is 0 Å². The molecule has 0 radical (unpaired) electrons. The lowest BCUT2D eigenvalue weighted by Gasteiger charge is -2.11. The zero-order valence-electron chi connectivity index (χ0n) is 7.85. The zero-order valence-corrected chi connectivity index (χ0v) is 9.44. The van der Waals surface area contributed by atoms with Crippen molar-refractivity contribution in [2.45, 2.75) is 13.8 Å². The predicted molar refractivity (Wildman–Crippen MR) is 55.6 cm³/mol. The van der Waals surface area contributed by atoms with Crippen molar-refractivity contribution in [2.24, 2.45) is 0 Å². The second kappa shape index (κ2) is 3.92. The SMILES string of the molecule is COc1c(C=O)cc(Br)c(C)c1C. The first-order valence-electron chi connectivity index (χ1n) is 3.90. The van der Waals surface area contributed by atoms with Gasteiger partial charge in [-0.15, -0.1) is 0 Å². The quantitative estimate of drug-likeness (QED) is 0.746. The second-order valence-electron chi connectivity index (χ2n) is 2.85. The average molecular weight is 243 g/mol. The molecule has 0 spiro atoms. The molecule has 0 aliphatic heterocycles. The van der Waals surface area contributed by atoms with Crippen LogP contribution < -0.4 is 4.74 Å². The van der Waals surface area contributed by atoms with Crippen LogP contribution in [0.25, 0.3) is 0 Å². The van der Waals surface area contributed by atoms with Gasteiger partial charge in [-0.2, -0.15) is 0 Å². The van der Waals surface area contributed by atoms with E-state index in [2.05, 4.69) is 15.9 Å². The van der Waals surface area contributed by atoms with E-state index in [9.17, 15) is 4.79 Å². The highest BCUT2D eigenvalue weighted by molar-refractivity contribution is 9.10. The Kier molecular flexibility index (Phi) is 3.09. The van der Waals surface area contributed by atoms with Gasteiger partial charge in [0.25, 0.3) is 0 Å². The Morgan fingerprint density at radius 3 is 2.46 bits per heavy atom. The third kappa shape index (κ3) is 1.75. The summed E-state index contributed by atoms with van der Waals surface area (Å²) in [6, 6.07) is 1.77. The maximum atomic E-state index is 10.7. The van der Waals surface area contributed by atoms with Gasteiger partial charge in [0.2, 0.25) is 0 Å². The molecule has 1 aromatic carbocycles. The summed E-state index contributed by atoms with van der Waals surface area (Å²) in [5, 5.41) is 0. The predicted octanol–water partition coefficient (Wildman–Crippen LogP) is 2.89. The smallest absolute Gasteiger partial charge is 0.153 e. The van der Waals surface area contributed by atoms with Crippen LogP contribution in [0.2, 0.25) is 0 Å². The molecule has 0 unspecified atom stereocenters. The zero-order chi connectivity index (χ0) is 10.0. The average Bonchev–Trinajstić information content (AvgIpc) is 2.13. The summed E-state index contributed by atoms with van der Waals surface area (Å²) in [6.45, 7) is 3.92. The summed E-state index contributed by atoms with van der Waals surface area (Å²) in [6.07, 6.45) is 0.802. The van der Waals surface area contributed by atoms with Crippen LogP contribution in [-0.2, 0) is 0 Å². The molecule has 0 aliphatic rings. The van der Waals surface area contributed by atoms with E-state index in [1.165, 1.54) is 0 Å². The Balaban J connectivity index is 3.47. The summed E-state index contributed by atoms with van der Waals surface area (Å²) in [5.74, 6) is 0.663. The molecule has 1 rings (SSSR count). The maximum absolute atomic E-state index is 10.7. The standard InChI is InChI=1S/C10H11BrO2/c1-6-7(2)10(13-3)8(5-12)4-9(6)11/h4-5H,1-3H3. The largest absolute Gasteiger partial charge is 0.496 e. The van der Waals surface area contributed by atoms with Crippen molar-refractivity contribution in [3.8, 4) is 5.75 Å². The maximum Gasteiger partial charge on any atom is 0.153 e. The molecule has 3 heteroatoms. The number of rotatable bonds is 2. The van der Waals surface area contributed by atoms with E-state index in [-0.39, 0.29) is 0 Å². The van der Waals surface area contributed by atoms with Gasteiger partial charge in [-0.05, 0) is 31.0 Å². The third-order valence-corrected chi connectivity index (χ3v) is 2.96. The van der Waals surface area contributed by atoms with E-state index in [0.717, 1.165) is 21.9 Å². The summed E-state index contributed by atoms with van der Waals surface area (Å²) in [5.41, 5.74) is 2.68. The Labute approximate surface area is 86.0 Å². The lowest BCUT2D eigenvalue weighted by atomic mass is 10.1. The van der Waals surface area contributed by atoms with Gasteiger partial charge in [0.05, 0.1) is 12.7 Å². The lowest BCUT2D eigenvalue weighted by molar-refractivity contribution is 0.112. The molecular weight excluding hydrogens is 232 g/mol. The van der Waals surface area contributed by atoms with E-state index in [1.807, 2.05) is 13.8 Å². The van der Waals surface area contributed by atoms with Crippen LogP contribution in [0, 0.1) is 13.8 Å². The molecule has 70 valence electrons. The van der Waals surface area contributed by atoms with Gasteiger partial charge in [-0.3, -0.25) is 4.79 Å². The van der Waals surface area contributed by atoms with Crippen molar-refractivity contribution in [1.29, 1.82) is 0 Å². The monoisotopic (exact) mass is 242 g/mol. The molecular formula is C10H11BrO2. The molecule has 1 aromatic rings. The number of ether oxygens (including phenoxy) is 1. The van der Waals surface area contributed by atoms with Gasteiger partial charge in [0, 0.05) is 4.47 Å². The van der Waals surface area contributed by atoms with Crippen LogP contribution in [0.1, 0.15) is 21.5 Å². The number of aldehydes is 1. The van der Waals surface area contributed by atoms with Crippen LogP contribution in [-0.4, -0.2) is 13.4 Å². The highest BCUT2D eigenvalue weighted by Gasteiger charge is 2.10. The molecule has 0 aliphatic carbocycles. The first-order chi connectivity index (χ1) is 6.11. The molecule has 0 heterocycles. The number of halogens is 1. The third-order valence-electron chi connectivity index (χ3n) is 2.14. The van der Waals surface area contributed by atoms with Gasteiger partial charge in [-0.1, -0.05) is 15.9 Å². The molecule has 0 amide bonds. The minimum atomic E-state index is 0.581. The van der Waals surface area contributed by atoms with Crippen molar-refractivity contribution < 1.29 is 9.53 Å². The Morgan fingerprint density at radius 1 is 1.38 bits per heavy atom. The summed E-state index contributed by atoms with van der Waals surface area (Å²) in [7, 11) is 1.57. The molecule has 0 saturated heterocycles. The fraction of sp³-hybridized carbons (Fsp3) is 0.300. The summed E-state index contributed by atoms with van der Waals surface area (Å²) < 4.78 is 6.09. The molecule has 0 atom stereocenters. The Hall–Kier alpha value is -0.830. The number of hydrogen-bond donors (Lipinski definition) is 0. The van der Waals surface area contributed by atoms with Crippen molar-refractivity contribution in [1.82, 2.24) is 0 Å². The Morgan fingerprint density at radius 2 is 2.00 bits per heavy atom. The highest BCUT2D eigenvalue weighted by atomic mass is 79.9. The number of carbonyl (C=O) groups is 1. The van der Waals surface area contributed by atoms with Crippen molar-refractivity contribution >= 4 is 22.2 Å². The molecule has 0 bridgehead atoms. The molecule has 0 saturated carbocycles. The first-order valence-corrected chi connectivity index (χ1v) is 4.70. The number of methoxy groups -OCH3 is 1. The molecule has 0 N–H and O–H groups in total. The van der Waals surface area contributed by atoms with E-state index >= 15 is 0 Å². The van der Waals surface area contributed by atoms with Crippen molar-refractivity contribution in [3.05, 3.63) is 27.2 Å². The topological polar surface area (TPSA) is 26.3 Å². The molecule has 13 heavy (non-hydrogen) atoms. The lowest BCUT2D eigenvalue weighted by Crippen LogP contribution is -1.96. The van der Waals surface area contributed by atoms with Gasteiger partial charge in [-0.25, -0.2) is 0 Å². The second-order valence-corrected chi connectivity index (χ2v) is 3.70. The van der Waals surface area contributed by atoms with E-state index < -0.39 is 0 Å². The minimum Gasteiger partial charge on any atom is -0.496 e. The normalized spacial score (nSPS) is 9.85.